The Morgan fingerprint density at radius 3 is 2.58 bits per heavy atom. The van der Waals surface area contributed by atoms with Gasteiger partial charge in [-0.2, -0.15) is 0 Å². The van der Waals surface area contributed by atoms with Gasteiger partial charge in [-0.3, -0.25) is 0 Å². The minimum atomic E-state index is -0.0306. The van der Waals surface area contributed by atoms with Gasteiger partial charge in [0.05, 0.1) is 0 Å². The number of aryl methyl sites for hydroxylation is 2. The molecule has 1 aromatic carbocycles. The zero-order valence-corrected chi connectivity index (χ0v) is 12.0. The second kappa shape index (κ2) is 5.41. The molecule has 0 aliphatic rings. The zero-order chi connectivity index (χ0) is 14.0. The van der Waals surface area contributed by atoms with E-state index in [1.807, 2.05) is 26.1 Å². The fourth-order valence-electron chi connectivity index (χ4n) is 2.34. The highest BCUT2D eigenvalue weighted by molar-refractivity contribution is 5.66. The number of anilines is 2. The summed E-state index contributed by atoms with van der Waals surface area (Å²) in [5, 5.41) is 0. The maximum absolute atomic E-state index is 6.03. The van der Waals surface area contributed by atoms with Crippen LogP contribution >= 0.6 is 0 Å². The zero-order valence-electron chi connectivity index (χ0n) is 12.0. The van der Waals surface area contributed by atoms with Gasteiger partial charge in [0.15, 0.2) is 0 Å². The molecule has 0 unspecified atom stereocenters. The third-order valence-electron chi connectivity index (χ3n) is 3.34. The number of aromatic nitrogens is 1. The molecule has 0 saturated heterocycles. The van der Waals surface area contributed by atoms with Crippen LogP contribution in [0.4, 0.5) is 11.5 Å². The molecule has 0 aliphatic heterocycles. The van der Waals surface area contributed by atoms with E-state index in [0.29, 0.717) is 0 Å². The largest absolute Gasteiger partial charge is 0.329 e. The SMILES string of the molecule is Cc1ccc(N(C)c2ncccc2[C@H](C)N)c(C)c1. The van der Waals surface area contributed by atoms with E-state index in [4.69, 9.17) is 5.73 Å². The number of hydrogen-bond acceptors (Lipinski definition) is 3. The summed E-state index contributed by atoms with van der Waals surface area (Å²) in [5.74, 6) is 0.921. The molecule has 0 bridgehead atoms. The molecule has 0 spiro atoms. The van der Waals surface area contributed by atoms with E-state index < -0.39 is 0 Å². The normalized spacial score (nSPS) is 12.3. The summed E-state index contributed by atoms with van der Waals surface area (Å²) >= 11 is 0. The topological polar surface area (TPSA) is 42.2 Å². The smallest absolute Gasteiger partial charge is 0.137 e. The first kappa shape index (κ1) is 13.6. The van der Waals surface area contributed by atoms with Crippen LogP contribution in [-0.2, 0) is 0 Å². The van der Waals surface area contributed by atoms with E-state index in [9.17, 15) is 0 Å². The number of rotatable bonds is 3. The average Bonchev–Trinajstić information content (AvgIpc) is 2.38. The van der Waals surface area contributed by atoms with Gasteiger partial charge < -0.3 is 10.6 Å². The summed E-state index contributed by atoms with van der Waals surface area (Å²) in [6.45, 7) is 6.20. The highest BCUT2D eigenvalue weighted by Gasteiger charge is 2.14. The lowest BCUT2D eigenvalue weighted by molar-refractivity contribution is 0.807. The highest BCUT2D eigenvalue weighted by Crippen LogP contribution is 2.30. The van der Waals surface area contributed by atoms with Crippen molar-refractivity contribution in [3.63, 3.8) is 0 Å². The van der Waals surface area contributed by atoms with Gasteiger partial charge >= 0.3 is 0 Å². The van der Waals surface area contributed by atoms with E-state index in [2.05, 4.69) is 41.9 Å². The van der Waals surface area contributed by atoms with Gasteiger partial charge in [0.25, 0.3) is 0 Å². The first-order valence-electron chi connectivity index (χ1n) is 6.52. The van der Waals surface area contributed by atoms with E-state index in [1.165, 1.54) is 11.1 Å². The lowest BCUT2D eigenvalue weighted by Gasteiger charge is -2.24. The van der Waals surface area contributed by atoms with Gasteiger partial charge in [-0.1, -0.05) is 23.8 Å². The second-order valence-electron chi connectivity index (χ2n) is 5.05. The molecule has 0 fully saturated rings. The summed E-state index contributed by atoms with van der Waals surface area (Å²) in [5.41, 5.74) is 10.8. The van der Waals surface area contributed by atoms with Gasteiger partial charge in [0.1, 0.15) is 5.82 Å². The van der Waals surface area contributed by atoms with E-state index in [1.54, 1.807) is 6.20 Å². The first-order chi connectivity index (χ1) is 9.00. The fraction of sp³-hybridized carbons (Fsp3) is 0.312. The van der Waals surface area contributed by atoms with E-state index >= 15 is 0 Å². The Hall–Kier alpha value is -1.87. The molecule has 1 atom stereocenters. The Labute approximate surface area is 115 Å². The lowest BCUT2D eigenvalue weighted by atomic mass is 10.1. The second-order valence-corrected chi connectivity index (χ2v) is 5.05. The molecule has 0 amide bonds. The average molecular weight is 255 g/mol. The predicted octanol–water partition coefficient (Wildman–Crippen LogP) is 3.49. The highest BCUT2D eigenvalue weighted by atomic mass is 15.2. The third-order valence-corrected chi connectivity index (χ3v) is 3.34. The Kier molecular flexibility index (Phi) is 3.86. The van der Waals surface area contributed by atoms with Crippen molar-refractivity contribution in [1.82, 2.24) is 4.98 Å². The van der Waals surface area contributed by atoms with Crippen molar-refractivity contribution < 1.29 is 0 Å². The van der Waals surface area contributed by atoms with Crippen LogP contribution in [0.5, 0.6) is 0 Å². The van der Waals surface area contributed by atoms with Crippen LogP contribution in [-0.4, -0.2) is 12.0 Å². The van der Waals surface area contributed by atoms with Crippen LogP contribution in [0.3, 0.4) is 0 Å². The third kappa shape index (κ3) is 2.76. The molecule has 0 saturated carbocycles. The molecule has 1 aromatic heterocycles. The molecule has 3 heteroatoms. The van der Waals surface area contributed by atoms with Gasteiger partial charge in [-0.15, -0.1) is 0 Å². The molecular formula is C16H21N3. The van der Waals surface area contributed by atoms with E-state index in [-0.39, 0.29) is 6.04 Å². The Balaban J connectivity index is 2.47. The van der Waals surface area contributed by atoms with Crippen molar-refractivity contribution in [1.29, 1.82) is 0 Å². The summed E-state index contributed by atoms with van der Waals surface area (Å²) in [4.78, 5) is 6.59. The lowest BCUT2D eigenvalue weighted by Crippen LogP contribution is -2.17. The maximum Gasteiger partial charge on any atom is 0.137 e. The molecule has 2 N–H and O–H groups in total. The quantitative estimate of drug-likeness (QED) is 0.913. The Morgan fingerprint density at radius 2 is 1.95 bits per heavy atom. The maximum atomic E-state index is 6.03. The Morgan fingerprint density at radius 1 is 1.21 bits per heavy atom. The summed E-state index contributed by atoms with van der Waals surface area (Å²) in [7, 11) is 2.03. The van der Waals surface area contributed by atoms with Crippen LogP contribution in [0.25, 0.3) is 0 Å². The molecule has 100 valence electrons. The molecule has 0 radical (unpaired) electrons. The van der Waals surface area contributed by atoms with Crippen LogP contribution in [0.1, 0.15) is 29.7 Å². The van der Waals surface area contributed by atoms with Crippen LogP contribution < -0.4 is 10.6 Å². The van der Waals surface area contributed by atoms with Crippen LogP contribution in [0, 0.1) is 13.8 Å². The minimum Gasteiger partial charge on any atom is -0.329 e. The van der Waals surface area contributed by atoms with Crippen molar-refractivity contribution >= 4 is 11.5 Å². The number of benzene rings is 1. The van der Waals surface area contributed by atoms with Crippen molar-refractivity contribution in [2.45, 2.75) is 26.8 Å². The van der Waals surface area contributed by atoms with Crippen molar-refractivity contribution in [2.75, 3.05) is 11.9 Å². The monoisotopic (exact) mass is 255 g/mol. The molecule has 0 aliphatic carbocycles. The van der Waals surface area contributed by atoms with Crippen molar-refractivity contribution in [3.05, 3.63) is 53.2 Å². The molecule has 2 rings (SSSR count). The van der Waals surface area contributed by atoms with Crippen molar-refractivity contribution in [3.8, 4) is 0 Å². The molecule has 19 heavy (non-hydrogen) atoms. The molecule has 3 nitrogen and oxygen atoms in total. The predicted molar refractivity (Wildman–Crippen MR) is 80.8 cm³/mol. The van der Waals surface area contributed by atoms with Gasteiger partial charge in [0.2, 0.25) is 0 Å². The summed E-state index contributed by atoms with van der Waals surface area (Å²) < 4.78 is 0. The first-order valence-corrected chi connectivity index (χ1v) is 6.52. The van der Waals surface area contributed by atoms with Gasteiger partial charge in [0, 0.05) is 30.5 Å². The van der Waals surface area contributed by atoms with E-state index in [0.717, 1.165) is 17.1 Å². The van der Waals surface area contributed by atoms with Gasteiger partial charge in [-0.05, 0) is 38.5 Å². The Bertz CT molecular complexity index is 576. The molecular weight excluding hydrogens is 234 g/mol. The standard InChI is InChI=1S/C16H21N3/c1-11-7-8-15(12(2)10-11)19(4)16-14(13(3)17)6-5-9-18-16/h5-10,13H,17H2,1-4H3/t13-/m0/s1. The van der Waals surface area contributed by atoms with Crippen molar-refractivity contribution in [2.24, 2.45) is 5.73 Å². The number of nitrogens with two attached hydrogens (primary N) is 1. The molecule has 1 heterocycles. The number of hydrogen-bond donors (Lipinski definition) is 1. The molecule has 2 aromatic rings. The van der Waals surface area contributed by atoms with Gasteiger partial charge in [-0.25, -0.2) is 4.98 Å². The fourth-order valence-corrected chi connectivity index (χ4v) is 2.34. The number of nitrogens with zero attached hydrogens (tertiary/aromatic N) is 2. The summed E-state index contributed by atoms with van der Waals surface area (Å²) in [6, 6.07) is 10.4. The minimum absolute atomic E-state index is 0.0306. The van der Waals surface area contributed by atoms with Crippen LogP contribution in [0.2, 0.25) is 0 Å². The number of pyridine rings is 1. The van der Waals surface area contributed by atoms with Crippen LogP contribution in [0.15, 0.2) is 36.5 Å². The summed E-state index contributed by atoms with van der Waals surface area (Å²) in [6.07, 6.45) is 1.81.